The van der Waals surface area contributed by atoms with Crippen molar-refractivity contribution < 1.29 is 9.53 Å². The van der Waals surface area contributed by atoms with Gasteiger partial charge in [0.15, 0.2) is 0 Å². The van der Waals surface area contributed by atoms with Crippen LogP contribution in [0, 0.1) is 5.92 Å². The van der Waals surface area contributed by atoms with Gasteiger partial charge in [0.2, 0.25) is 5.91 Å². The highest BCUT2D eigenvalue weighted by Crippen LogP contribution is 2.11. The second-order valence-electron chi connectivity index (χ2n) is 4.34. The van der Waals surface area contributed by atoms with Crippen molar-refractivity contribution >= 4 is 18.3 Å². The molecule has 0 fully saturated rings. The predicted molar refractivity (Wildman–Crippen MR) is 74.9 cm³/mol. The summed E-state index contributed by atoms with van der Waals surface area (Å²) in [5.41, 5.74) is 6.76. The number of benzene rings is 1. The quantitative estimate of drug-likeness (QED) is 0.858. The average molecular weight is 273 g/mol. The zero-order valence-electron chi connectivity index (χ0n) is 11.0. The fraction of sp³-hybridized carbons (Fsp3) is 0.462. The van der Waals surface area contributed by atoms with Crippen LogP contribution in [0.5, 0.6) is 5.75 Å². The molecule has 0 aliphatic carbocycles. The van der Waals surface area contributed by atoms with Gasteiger partial charge in [0.1, 0.15) is 5.75 Å². The fourth-order valence-electron chi connectivity index (χ4n) is 1.35. The summed E-state index contributed by atoms with van der Waals surface area (Å²) in [6.45, 7) is 4.35. The lowest BCUT2D eigenvalue weighted by Crippen LogP contribution is -2.43. The monoisotopic (exact) mass is 272 g/mol. The van der Waals surface area contributed by atoms with Crippen molar-refractivity contribution in [3.8, 4) is 5.75 Å². The van der Waals surface area contributed by atoms with Crippen LogP contribution in [0.1, 0.15) is 19.4 Å². The largest absolute Gasteiger partial charge is 0.497 e. The smallest absolute Gasteiger partial charge is 0.237 e. The third-order valence-electron chi connectivity index (χ3n) is 2.65. The normalized spacial score (nSPS) is 11.6. The molecule has 1 aromatic rings. The van der Waals surface area contributed by atoms with Crippen LogP contribution in [0.3, 0.4) is 0 Å². The molecular formula is C13H21ClN2O2. The summed E-state index contributed by atoms with van der Waals surface area (Å²) in [7, 11) is 1.62. The van der Waals surface area contributed by atoms with Crippen molar-refractivity contribution in [2.75, 3.05) is 7.11 Å². The molecule has 1 atom stereocenters. The maximum atomic E-state index is 11.6. The summed E-state index contributed by atoms with van der Waals surface area (Å²) in [6.07, 6.45) is 0. The van der Waals surface area contributed by atoms with E-state index in [0.717, 1.165) is 11.3 Å². The van der Waals surface area contributed by atoms with Crippen molar-refractivity contribution in [2.24, 2.45) is 11.7 Å². The molecule has 0 unspecified atom stereocenters. The highest BCUT2D eigenvalue weighted by atomic mass is 35.5. The van der Waals surface area contributed by atoms with Gasteiger partial charge in [-0.05, 0) is 23.6 Å². The van der Waals surface area contributed by atoms with E-state index in [1.165, 1.54) is 0 Å². The molecular weight excluding hydrogens is 252 g/mol. The van der Waals surface area contributed by atoms with Crippen LogP contribution in [-0.4, -0.2) is 19.1 Å². The number of amides is 1. The molecule has 0 saturated carbocycles. The number of nitrogens with two attached hydrogens (primary N) is 1. The summed E-state index contributed by atoms with van der Waals surface area (Å²) < 4.78 is 5.06. The first-order chi connectivity index (χ1) is 8.04. The summed E-state index contributed by atoms with van der Waals surface area (Å²) in [4.78, 5) is 11.6. The molecule has 5 heteroatoms. The highest BCUT2D eigenvalue weighted by molar-refractivity contribution is 5.85. The second-order valence-corrected chi connectivity index (χ2v) is 4.34. The minimum atomic E-state index is -0.451. The minimum absolute atomic E-state index is 0. The van der Waals surface area contributed by atoms with Crippen molar-refractivity contribution in [1.82, 2.24) is 5.32 Å². The maximum Gasteiger partial charge on any atom is 0.237 e. The lowest BCUT2D eigenvalue weighted by atomic mass is 10.0. The third kappa shape index (κ3) is 4.94. The number of carbonyl (C=O) groups excluding carboxylic acids is 1. The van der Waals surface area contributed by atoms with Crippen LogP contribution in [0.25, 0.3) is 0 Å². The van der Waals surface area contributed by atoms with Gasteiger partial charge in [0.05, 0.1) is 13.2 Å². The third-order valence-corrected chi connectivity index (χ3v) is 2.65. The zero-order valence-corrected chi connectivity index (χ0v) is 11.8. The zero-order chi connectivity index (χ0) is 12.8. The van der Waals surface area contributed by atoms with Crippen LogP contribution in [-0.2, 0) is 11.3 Å². The van der Waals surface area contributed by atoms with E-state index in [2.05, 4.69) is 5.32 Å². The second kappa shape index (κ2) is 7.95. The van der Waals surface area contributed by atoms with Crippen LogP contribution in [0.15, 0.2) is 24.3 Å². The van der Waals surface area contributed by atoms with Crippen LogP contribution < -0.4 is 15.8 Å². The SMILES string of the molecule is COc1ccc(CNC(=O)[C@H](N)C(C)C)cc1.Cl. The van der Waals surface area contributed by atoms with E-state index < -0.39 is 6.04 Å². The van der Waals surface area contributed by atoms with Gasteiger partial charge >= 0.3 is 0 Å². The topological polar surface area (TPSA) is 64.3 Å². The molecule has 0 saturated heterocycles. The molecule has 18 heavy (non-hydrogen) atoms. The van der Waals surface area contributed by atoms with Gasteiger partial charge in [0, 0.05) is 6.54 Å². The fourth-order valence-corrected chi connectivity index (χ4v) is 1.35. The molecule has 0 aliphatic rings. The van der Waals surface area contributed by atoms with Crippen LogP contribution >= 0.6 is 12.4 Å². The number of ether oxygens (including phenoxy) is 1. The molecule has 3 N–H and O–H groups in total. The molecule has 0 bridgehead atoms. The lowest BCUT2D eigenvalue weighted by Gasteiger charge is -2.15. The number of rotatable bonds is 5. The summed E-state index contributed by atoms with van der Waals surface area (Å²) in [5.74, 6) is 0.834. The van der Waals surface area contributed by atoms with Crippen LogP contribution in [0.4, 0.5) is 0 Å². The Morgan fingerprint density at radius 1 is 1.33 bits per heavy atom. The summed E-state index contributed by atoms with van der Waals surface area (Å²) in [5, 5.41) is 2.81. The molecule has 0 heterocycles. The van der Waals surface area contributed by atoms with E-state index in [9.17, 15) is 4.79 Å². The average Bonchev–Trinajstić information content (AvgIpc) is 2.35. The van der Waals surface area contributed by atoms with Gasteiger partial charge in [-0.2, -0.15) is 0 Å². The van der Waals surface area contributed by atoms with E-state index >= 15 is 0 Å². The summed E-state index contributed by atoms with van der Waals surface area (Å²) in [6, 6.07) is 7.11. The van der Waals surface area contributed by atoms with Gasteiger partial charge in [0.25, 0.3) is 0 Å². The summed E-state index contributed by atoms with van der Waals surface area (Å²) >= 11 is 0. The Labute approximate surface area is 114 Å². The van der Waals surface area contributed by atoms with Gasteiger partial charge in [-0.25, -0.2) is 0 Å². The molecule has 0 aromatic heterocycles. The van der Waals surface area contributed by atoms with Crippen molar-refractivity contribution in [3.63, 3.8) is 0 Å². The molecule has 0 aliphatic heterocycles. The van der Waals surface area contributed by atoms with E-state index in [4.69, 9.17) is 10.5 Å². The standard InChI is InChI=1S/C13H20N2O2.ClH/c1-9(2)12(14)13(16)15-8-10-4-6-11(17-3)7-5-10;/h4-7,9,12H,8,14H2,1-3H3,(H,15,16);1H/t12-;/m1./s1. The number of halogens is 1. The minimum Gasteiger partial charge on any atom is -0.497 e. The Morgan fingerprint density at radius 3 is 2.33 bits per heavy atom. The van der Waals surface area contributed by atoms with Crippen molar-refractivity contribution in [1.29, 1.82) is 0 Å². The number of carbonyl (C=O) groups is 1. The molecule has 0 spiro atoms. The Hall–Kier alpha value is -1.26. The van der Waals surface area contributed by atoms with Gasteiger partial charge in [-0.1, -0.05) is 26.0 Å². The van der Waals surface area contributed by atoms with E-state index in [1.807, 2.05) is 38.1 Å². The Kier molecular flexibility index (Phi) is 7.39. The number of hydrogen-bond donors (Lipinski definition) is 2. The molecule has 0 radical (unpaired) electrons. The number of methoxy groups -OCH3 is 1. The molecule has 1 rings (SSSR count). The van der Waals surface area contributed by atoms with E-state index in [1.54, 1.807) is 7.11 Å². The predicted octanol–water partition coefficient (Wildman–Crippen LogP) is 1.72. The van der Waals surface area contributed by atoms with Crippen molar-refractivity contribution in [2.45, 2.75) is 26.4 Å². The van der Waals surface area contributed by atoms with Gasteiger partial charge in [-0.3, -0.25) is 4.79 Å². The number of hydrogen-bond acceptors (Lipinski definition) is 3. The van der Waals surface area contributed by atoms with Gasteiger partial charge < -0.3 is 15.8 Å². The first kappa shape index (κ1) is 16.7. The van der Waals surface area contributed by atoms with Gasteiger partial charge in [-0.15, -0.1) is 12.4 Å². The lowest BCUT2D eigenvalue weighted by molar-refractivity contribution is -0.123. The maximum absolute atomic E-state index is 11.6. The van der Waals surface area contributed by atoms with Crippen LogP contribution in [0.2, 0.25) is 0 Å². The Balaban J connectivity index is 0.00000289. The van der Waals surface area contributed by atoms with Crippen molar-refractivity contribution in [3.05, 3.63) is 29.8 Å². The molecule has 1 aromatic carbocycles. The van der Waals surface area contributed by atoms with E-state index in [-0.39, 0.29) is 24.2 Å². The highest BCUT2D eigenvalue weighted by Gasteiger charge is 2.16. The molecule has 1 amide bonds. The number of nitrogens with one attached hydrogen (secondary N) is 1. The van der Waals surface area contributed by atoms with E-state index in [0.29, 0.717) is 6.54 Å². The first-order valence-electron chi connectivity index (χ1n) is 5.71. The Morgan fingerprint density at radius 2 is 1.89 bits per heavy atom. The molecule has 4 nitrogen and oxygen atoms in total. The first-order valence-corrected chi connectivity index (χ1v) is 5.71. The Bertz CT molecular complexity index is 366. The molecule has 102 valence electrons.